The van der Waals surface area contributed by atoms with Crippen molar-refractivity contribution in [1.29, 1.82) is 0 Å². The van der Waals surface area contributed by atoms with Crippen molar-refractivity contribution in [2.75, 3.05) is 26.4 Å². The van der Waals surface area contributed by atoms with Crippen LogP contribution in [0.4, 0.5) is 0 Å². The van der Waals surface area contributed by atoms with Crippen molar-refractivity contribution in [2.24, 2.45) is 23.7 Å². The molecule has 0 spiro atoms. The highest BCUT2D eigenvalue weighted by atomic mass is 28.5. The van der Waals surface area contributed by atoms with Crippen molar-refractivity contribution in [1.82, 2.24) is 0 Å². The summed E-state index contributed by atoms with van der Waals surface area (Å²) < 4.78 is 46.8. The van der Waals surface area contributed by atoms with Gasteiger partial charge in [-0.1, -0.05) is 185 Å². The molecule has 0 amide bonds. The van der Waals surface area contributed by atoms with Gasteiger partial charge in [0.15, 0.2) is 0 Å². The number of rotatable bonds is 24. The van der Waals surface area contributed by atoms with Crippen molar-refractivity contribution in [3.63, 3.8) is 0 Å². The molecule has 0 aromatic rings. The van der Waals surface area contributed by atoms with E-state index >= 15 is 0 Å². The van der Waals surface area contributed by atoms with Gasteiger partial charge in [0.25, 0.3) is 0 Å². The molecule has 8 unspecified atom stereocenters. The Labute approximate surface area is 539 Å². The van der Waals surface area contributed by atoms with E-state index in [-0.39, 0.29) is 19.4 Å². The van der Waals surface area contributed by atoms with Gasteiger partial charge in [-0.25, -0.2) is 0 Å². The van der Waals surface area contributed by atoms with Gasteiger partial charge in [-0.15, -0.1) is 0 Å². The predicted molar refractivity (Wildman–Crippen MR) is 380 cm³/mol. The maximum absolute atomic E-state index is 11.2. The fourth-order valence-corrected chi connectivity index (χ4v) is 77.3. The van der Waals surface area contributed by atoms with Crippen LogP contribution in [0.3, 0.4) is 0 Å². The normalized spacial score (nSPS) is 37.0. The lowest BCUT2D eigenvalue weighted by Crippen LogP contribution is -2.96. The maximum atomic E-state index is 11.2. The smallest absolute Gasteiger partial charge is 0.241 e. The van der Waals surface area contributed by atoms with Crippen LogP contribution < -0.4 is 0 Å². The third kappa shape index (κ3) is 10.7. The van der Waals surface area contributed by atoms with Gasteiger partial charge in [-0.2, -0.15) is 0 Å². The molecular formula is C76H130O5Si6. The summed E-state index contributed by atoms with van der Waals surface area (Å²) >= 11 is 0. The first-order valence-corrected chi connectivity index (χ1v) is 55.8. The van der Waals surface area contributed by atoms with Gasteiger partial charge >= 0.3 is 0 Å². The number of ether oxygens (including phenoxy) is 4. The highest BCUT2D eigenvalue weighted by Crippen LogP contribution is 2.69. The van der Waals surface area contributed by atoms with E-state index in [2.05, 4.69) is 52.4 Å². The first-order chi connectivity index (χ1) is 41.9. The average Bonchev–Trinajstić information content (AvgIpc) is 1.59. The van der Waals surface area contributed by atoms with E-state index in [0.29, 0.717) is 11.1 Å². The molecule has 488 valence electrons. The van der Waals surface area contributed by atoms with Gasteiger partial charge in [0.1, 0.15) is 0 Å². The lowest BCUT2D eigenvalue weighted by molar-refractivity contribution is -0.0530. The Bertz CT molecular complexity index is 2280. The molecule has 4 heterocycles. The largest absolute Gasteiger partial charge is 0.449 e. The summed E-state index contributed by atoms with van der Waals surface area (Å²) in [4.78, 5) is -0.999. The average molecular weight is 1290 g/mol. The Kier molecular flexibility index (Phi) is 18.7. The molecule has 5 nitrogen and oxygen atoms in total. The number of hydrogen-bond donors (Lipinski definition) is 0. The second kappa shape index (κ2) is 25.2. The molecule has 6 saturated carbocycles. The third-order valence-electron chi connectivity index (χ3n) is 30.4. The molecule has 8 bridgehead atoms. The molecular weight excluding hydrogens is 1160 g/mol. The van der Waals surface area contributed by atoms with E-state index in [1.165, 1.54) is 294 Å². The molecule has 0 N–H and O–H groups in total. The standard InChI is InChI=1S/C76H130O5Si6/c1-82(2,47-35-67-55-59-27-31-63(67)51-59)73(39-15-19-43-77-73)86(71-23-11-9-12-24-71,74(40-16-20-44-78-74)83(3,4)48-36-68-56-60-28-32-64(68)52-60)81-87(72-25-13-10-14-26-72,75(41-17-21-45-79-75)84(5,6)49-37-69-57-61-29-33-65(69)53-61)76(42-18-22-46-80-76)85(7,8)50-38-70-58-62-30-34-66(70)54-62/h59-62,71-72H,9-58H2,1-8H3. The Morgan fingerprint density at radius 2 is 0.563 bits per heavy atom. The molecule has 14 aliphatic rings. The molecule has 87 heavy (non-hydrogen) atoms. The SMILES string of the molecule is C[Si](C)(CCC1=C2CCC(C2)C1)C1([Si](O[Si](C2CCCCC2)(C2([Si](C)(C)CCC3=C4CCC(C4)C3)CCCCO2)C2([Si](C)(C)CCC3=C4CCC(C4)C3)CCCCO2)(C2CCCCC2)C2([Si](C)(C)CCC3=C4CCC(C4)C3)CCCCO2)CCCCO1. The van der Waals surface area contributed by atoms with Crippen LogP contribution in [-0.4, -0.2) is 94.7 Å². The van der Waals surface area contributed by atoms with Crippen LogP contribution in [0.1, 0.15) is 270 Å². The Hall–Kier alpha value is 0.0613. The van der Waals surface area contributed by atoms with E-state index in [9.17, 15) is 4.12 Å². The molecule has 4 saturated heterocycles. The minimum Gasteiger partial charge on any atom is -0.449 e. The maximum Gasteiger partial charge on any atom is 0.241 e. The van der Waals surface area contributed by atoms with E-state index in [0.717, 1.165) is 50.1 Å². The summed E-state index contributed by atoms with van der Waals surface area (Å²) in [7, 11) is -16.8. The van der Waals surface area contributed by atoms with Crippen molar-refractivity contribution in [3.05, 3.63) is 44.6 Å². The van der Waals surface area contributed by atoms with Crippen LogP contribution in [0.25, 0.3) is 0 Å². The molecule has 0 radical (unpaired) electrons. The summed E-state index contributed by atoms with van der Waals surface area (Å²) in [6.07, 6.45) is 56.7. The van der Waals surface area contributed by atoms with E-state index in [4.69, 9.17) is 18.9 Å². The molecule has 0 aromatic carbocycles. The molecule has 14 rings (SSSR count). The predicted octanol–water partition coefficient (Wildman–Crippen LogP) is 22.0. The third-order valence-corrected chi connectivity index (χ3v) is 71.8. The summed E-state index contributed by atoms with van der Waals surface area (Å²) in [5.41, 5.74) is 16.3. The number of allylic oxidation sites excluding steroid dienone is 8. The molecule has 10 fully saturated rings. The van der Waals surface area contributed by atoms with Crippen molar-refractivity contribution in [2.45, 2.75) is 377 Å². The zero-order valence-electron chi connectivity index (χ0n) is 57.9. The molecule has 0 aromatic heterocycles. The van der Waals surface area contributed by atoms with Gasteiger partial charge in [0, 0.05) is 26.4 Å². The topological polar surface area (TPSA) is 46.2 Å². The summed E-state index contributed by atoms with van der Waals surface area (Å²) in [5.74, 6) is 3.71. The summed E-state index contributed by atoms with van der Waals surface area (Å²) in [6, 6.07) is 5.49. The Morgan fingerprint density at radius 3 is 0.759 bits per heavy atom. The fourth-order valence-electron chi connectivity index (χ4n) is 25.7. The number of fused-ring (bicyclic) bond motifs is 8. The number of hydrogen-bond acceptors (Lipinski definition) is 5. The van der Waals surface area contributed by atoms with Gasteiger partial charge in [-0.3, -0.25) is 0 Å². The van der Waals surface area contributed by atoms with E-state index in [1.54, 1.807) is 0 Å². The van der Waals surface area contributed by atoms with Gasteiger partial charge < -0.3 is 23.1 Å². The summed E-state index contributed by atoms with van der Waals surface area (Å²) in [5, 5.41) is 0. The van der Waals surface area contributed by atoms with Crippen molar-refractivity contribution < 1.29 is 23.1 Å². The van der Waals surface area contributed by atoms with Gasteiger partial charge in [-0.05, 0) is 240 Å². The minimum atomic E-state index is -3.53. The minimum absolute atomic E-state index is 0.250. The first-order valence-electron chi connectivity index (χ1n) is 39.0. The zero-order valence-corrected chi connectivity index (χ0v) is 63.9. The second-order valence-electron chi connectivity index (χ2n) is 36.4. The van der Waals surface area contributed by atoms with Gasteiger partial charge in [0.05, 0.1) is 51.7 Å². The van der Waals surface area contributed by atoms with E-state index < -0.39 is 48.9 Å². The highest BCUT2D eigenvalue weighted by molar-refractivity contribution is 7.14. The lowest BCUT2D eigenvalue weighted by atomic mass is 9.98. The van der Waals surface area contributed by atoms with Crippen LogP contribution in [0.15, 0.2) is 44.6 Å². The molecule has 11 heteroatoms. The highest BCUT2D eigenvalue weighted by Gasteiger charge is 2.86. The van der Waals surface area contributed by atoms with Crippen LogP contribution in [0.2, 0.25) is 87.6 Å². The Balaban J connectivity index is 1.06. The zero-order chi connectivity index (χ0) is 60.0. The van der Waals surface area contributed by atoms with Crippen molar-refractivity contribution in [3.8, 4) is 0 Å². The molecule has 4 aliphatic heterocycles. The van der Waals surface area contributed by atoms with Crippen LogP contribution in [-0.2, 0) is 23.1 Å². The monoisotopic (exact) mass is 1290 g/mol. The first kappa shape index (κ1) is 64.4. The quantitative estimate of drug-likeness (QED) is 0.0712. The van der Waals surface area contributed by atoms with Crippen LogP contribution in [0, 0.1) is 23.7 Å². The second-order valence-corrected chi connectivity index (χ2v) is 67.3. The molecule has 8 atom stereocenters. The Morgan fingerprint density at radius 1 is 0.310 bits per heavy atom. The van der Waals surface area contributed by atoms with Gasteiger partial charge in [0.2, 0.25) is 16.6 Å². The van der Waals surface area contributed by atoms with E-state index in [1.807, 2.05) is 44.6 Å². The summed E-state index contributed by atoms with van der Waals surface area (Å²) in [6.45, 7) is 27.8. The molecule has 10 aliphatic carbocycles. The fraction of sp³-hybridized carbons (Fsp3) is 0.895. The van der Waals surface area contributed by atoms with Crippen LogP contribution >= 0.6 is 0 Å². The van der Waals surface area contributed by atoms with Crippen LogP contribution in [0.5, 0.6) is 0 Å². The van der Waals surface area contributed by atoms with Crippen molar-refractivity contribution >= 4 is 48.9 Å². The lowest BCUT2D eigenvalue weighted by Gasteiger charge is -2.76.